The van der Waals surface area contributed by atoms with Gasteiger partial charge in [0.2, 0.25) is 0 Å². The van der Waals surface area contributed by atoms with Gasteiger partial charge in [0.25, 0.3) is 0 Å². The lowest BCUT2D eigenvalue weighted by molar-refractivity contribution is 0.0635. The molecule has 2 aromatic rings. The van der Waals surface area contributed by atoms with Crippen molar-refractivity contribution in [1.29, 1.82) is 0 Å². The van der Waals surface area contributed by atoms with Crippen molar-refractivity contribution in [3.05, 3.63) is 35.0 Å². The number of anilines is 1. The van der Waals surface area contributed by atoms with Gasteiger partial charge in [-0.3, -0.25) is 10.00 Å². The van der Waals surface area contributed by atoms with E-state index >= 15 is 0 Å². The topological polar surface area (TPSA) is 81.9 Å². The number of nitrogens with one attached hydrogen (secondary N) is 1. The third-order valence-corrected chi connectivity index (χ3v) is 4.59. The first kappa shape index (κ1) is 18.6. The summed E-state index contributed by atoms with van der Waals surface area (Å²) >= 11 is 6.23. The highest BCUT2D eigenvalue weighted by molar-refractivity contribution is 6.29. The number of pyridine rings is 1. The second-order valence-electron chi connectivity index (χ2n) is 8.03. The Labute approximate surface area is 158 Å². The largest absolute Gasteiger partial charge is 0.444 e. The summed E-state index contributed by atoms with van der Waals surface area (Å²) in [5.74, 6) is 1.69. The molecule has 0 atom stereocenters. The lowest BCUT2D eigenvalue weighted by atomic mass is 9.59. The number of aryl methyl sites for hydroxylation is 1. The SMILES string of the molecule is CC1CC(c2cc(Cl)nc(NC(=O)OC(C)(C)C)c2)(c2ncn(C)n2)C1. The van der Waals surface area contributed by atoms with Crippen LogP contribution in [0.1, 0.15) is 51.9 Å². The summed E-state index contributed by atoms with van der Waals surface area (Å²) in [6.45, 7) is 7.62. The van der Waals surface area contributed by atoms with Gasteiger partial charge in [0, 0.05) is 7.05 Å². The number of carbonyl (C=O) groups is 1. The maximum Gasteiger partial charge on any atom is 0.413 e. The molecule has 0 radical (unpaired) electrons. The second-order valence-corrected chi connectivity index (χ2v) is 8.42. The lowest BCUT2D eigenvalue weighted by Gasteiger charge is -2.45. The fourth-order valence-electron chi connectivity index (χ4n) is 3.48. The van der Waals surface area contributed by atoms with E-state index in [0.29, 0.717) is 16.9 Å². The van der Waals surface area contributed by atoms with Crippen LogP contribution in [0.25, 0.3) is 0 Å². The minimum absolute atomic E-state index is 0.308. The summed E-state index contributed by atoms with van der Waals surface area (Å²) < 4.78 is 6.99. The number of ether oxygens (including phenoxy) is 1. The molecule has 1 aliphatic carbocycles. The van der Waals surface area contributed by atoms with Crippen LogP contribution in [0.5, 0.6) is 0 Å². The van der Waals surface area contributed by atoms with Crippen molar-refractivity contribution in [2.75, 3.05) is 5.32 Å². The van der Waals surface area contributed by atoms with Crippen molar-refractivity contribution in [2.24, 2.45) is 13.0 Å². The molecular formula is C18H24ClN5O2. The molecule has 1 amide bonds. The molecule has 0 unspecified atom stereocenters. The minimum atomic E-state index is -0.589. The van der Waals surface area contributed by atoms with Gasteiger partial charge in [-0.1, -0.05) is 18.5 Å². The quantitative estimate of drug-likeness (QED) is 0.819. The molecule has 1 N–H and O–H groups in total. The monoisotopic (exact) mass is 377 g/mol. The first-order valence-corrected chi connectivity index (χ1v) is 8.99. The Morgan fingerprint density at radius 3 is 2.62 bits per heavy atom. The number of hydrogen-bond acceptors (Lipinski definition) is 5. The number of amides is 1. The van der Waals surface area contributed by atoms with Crippen molar-refractivity contribution in [1.82, 2.24) is 19.7 Å². The first-order chi connectivity index (χ1) is 12.1. The average Bonchev–Trinajstić information content (AvgIpc) is 2.87. The molecule has 2 heterocycles. The van der Waals surface area contributed by atoms with Gasteiger partial charge in [-0.2, -0.15) is 5.10 Å². The van der Waals surface area contributed by atoms with Crippen LogP contribution in [-0.4, -0.2) is 31.4 Å². The Morgan fingerprint density at radius 1 is 1.38 bits per heavy atom. The van der Waals surface area contributed by atoms with Gasteiger partial charge in [-0.25, -0.2) is 14.8 Å². The number of hydrogen-bond donors (Lipinski definition) is 1. The van der Waals surface area contributed by atoms with Crippen molar-refractivity contribution in [3.8, 4) is 0 Å². The maximum atomic E-state index is 12.1. The molecule has 0 aliphatic heterocycles. The molecule has 0 bridgehead atoms. The van der Waals surface area contributed by atoms with Gasteiger partial charge in [-0.15, -0.1) is 0 Å². The Bertz CT molecular complexity index is 821. The number of nitrogens with zero attached hydrogens (tertiary/aromatic N) is 4. The Kier molecular flexibility index (Phi) is 4.69. The predicted molar refractivity (Wildman–Crippen MR) is 99.3 cm³/mol. The van der Waals surface area contributed by atoms with Crippen LogP contribution in [0.4, 0.5) is 10.6 Å². The second kappa shape index (κ2) is 6.54. The van der Waals surface area contributed by atoms with Gasteiger partial charge < -0.3 is 4.74 Å². The minimum Gasteiger partial charge on any atom is -0.444 e. The van der Waals surface area contributed by atoms with E-state index in [1.54, 1.807) is 31.8 Å². The molecular weight excluding hydrogens is 354 g/mol. The number of halogens is 1. The Morgan fingerprint density at radius 2 is 2.08 bits per heavy atom. The van der Waals surface area contributed by atoms with E-state index in [1.807, 2.05) is 19.2 Å². The van der Waals surface area contributed by atoms with Crippen LogP contribution >= 0.6 is 11.6 Å². The molecule has 0 spiro atoms. The smallest absolute Gasteiger partial charge is 0.413 e. The Balaban J connectivity index is 1.92. The van der Waals surface area contributed by atoms with E-state index in [2.05, 4.69) is 27.3 Å². The molecule has 8 heteroatoms. The molecule has 1 saturated carbocycles. The van der Waals surface area contributed by atoms with Gasteiger partial charge in [-0.05, 0) is 57.2 Å². The van der Waals surface area contributed by atoms with Crippen molar-refractivity contribution in [3.63, 3.8) is 0 Å². The zero-order chi connectivity index (χ0) is 19.1. The fourth-order valence-corrected chi connectivity index (χ4v) is 3.69. The van der Waals surface area contributed by atoms with Crippen LogP contribution in [0.3, 0.4) is 0 Å². The predicted octanol–water partition coefficient (Wildman–Crippen LogP) is 3.93. The van der Waals surface area contributed by atoms with Gasteiger partial charge in [0.1, 0.15) is 22.9 Å². The van der Waals surface area contributed by atoms with E-state index in [4.69, 9.17) is 16.3 Å². The zero-order valence-corrected chi connectivity index (χ0v) is 16.5. The summed E-state index contributed by atoms with van der Waals surface area (Å²) in [6.07, 6.45) is 2.97. The average molecular weight is 378 g/mol. The summed E-state index contributed by atoms with van der Waals surface area (Å²) in [6, 6.07) is 3.65. The van der Waals surface area contributed by atoms with Crippen molar-refractivity contribution in [2.45, 2.75) is 51.6 Å². The standard InChI is InChI=1S/C18H24ClN5O2/c1-11-8-18(9-11,15-20-10-24(5)23-15)12-6-13(19)21-14(7-12)22-16(25)26-17(2,3)4/h6-7,10-11H,8-9H2,1-5H3,(H,21,22,25). The van der Waals surface area contributed by atoms with Gasteiger partial charge >= 0.3 is 6.09 Å². The molecule has 26 heavy (non-hydrogen) atoms. The van der Waals surface area contributed by atoms with E-state index in [9.17, 15) is 4.79 Å². The summed E-state index contributed by atoms with van der Waals surface area (Å²) in [4.78, 5) is 20.7. The van der Waals surface area contributed by atoms with E-state index in [-0.39, 0.29) is 5.41 Å². The van der Waals surface area contributed by atoms with Gasteiger partial charge in [0.15, 0.2) is 5.82 Å². The molecule has 2 aromatic heterocycles. The van der Waals surface area contributed by atoms with Crippen molar-refractivity contribution >= 4 is 23.5 Å². The molecule has 140 valence electrons. The van der Waals surface area contributed by atoms with E-state index < -0.39 is 11.7 Å². The third-order valence-electron chi connectivity index (χ3n) is 4.40. The fraction of sp³-hybridized carbons (Fsp3) is 0.556. The molecule has 3 rings (SSSR count). The lowest BCUT2D eigenvalue weighted by Crippen LogP contribution is -2.42. The number of aromatic nitrogens is 4. The summed E-state index contributed by atoms with van der Waals surface area (Å²) in [7, 11) is 1.85. The third kappa shape index (κ3) is 3.82. The van der Waals surface area contributed by atoms with Crippen LogP contribution < -0.4 is 5.32 Å². The summed E-state index contributed by atoms with van der Waals surface area (Å²) in [5, 5.41) is 7.49. The Hall–Kier alpha value is -2.15. The summed E-state index contributed by atoms with van der Waals surface area (Å²) in [5.41, 5.74) is 0.0545. The first-order valence-electron chi connectivity index (χ1n) is 8.62. The van der Waals surface area contributed by atoms with E-state index in [0.717, 1.165) is 24.2 Å². The number of rotatable bonds is 3. The molecule has 7 nitrogen and oxygen atoms in total. The normalized spacial score (nSPS) is 22.6. The van der Waals surface area contributed by atoms with Crippen LogP contribution in [0.2, 0.25) is 5.15 Å². The zero-order valence-electron chi connectivity index (χ0n) is 15.7. The highest BCUT2D eigenvalue weighted by atomic mass is 35.5. The van der Waals surface area contributed by atoms with Crippen LogP contribution in [0, 0.1) is 5.92 Å². The number of carbonyl (C=O) groups excluding carboxylic acids is 1. The van der Waals surface area contributed by atoms with Crippen molar-refractivity contribution < 1.29 is 9.53 Å². The highest BCUT2D eigenvalue weighted by Crippen LogP contribution is 2.51. The molecule has 1 aliphatic rings. The highest BCUT2D eigenvalue weighted by Gasteiger charge is 2.48. The van der Waals surface area contributed by atoms with Crippen LogP contribution in [-0.2, 0) is 17.2 Å². The molecule has 0 aromatic carbocycles. The van der Waals surface area contributed by atoms with E-state index in [1.165, 1.54) is 0 Å². The van der Waals surface area contributed by atoms with Crippen LogP contribution in [0.15, 0.2) is 18.5 Å². The molecule has 1 fully saturated rings. The molecule has 0 saturated heterocycles. The van der Waals surface area contributed by atoms with Gasteiger partial charge in [0.05, 0.1) is 5.41 Å². The maximum absolute atomic E-state index is 12.1.